The van der Waals surface area contributed by atoms with Gasteiger partial charge >= 0.3 is 0 Å². The van der Waals surface area contributed by atoms with Crippen LogP contribution in [0.1, 0.15) is 17.5 Å². The Morgan fingerprint density at radius 1 is 1.08 bits per heavy atom. The van der Waals surface area contributed by atoms with E-state index in [1.807, 2.05) is 61.9 Å². The highest BCUT2D eigenvalue weighted by Gasteiger charge is 2.37. The molecule has 1 N–H and O–H groups in total. The lowest BCUT2D eigenvalue weighted by Gasteiger charge is -2.32. The third kappa shape index (κ3) is 4.46. The number of guanidine groups is 1. The van der Waals surface area contributed by atoms with Gasteiger partial charge in [-0.2, -0.15) is 5.26 Å². The highest BCUT2D eigenvalue weighted by molar-refractivity contribution is 6.10. The van der Waals surface area contributed by atoms with E-state index in [9.17, 15) is 0 Å². The number of para-hydroxylation sites is 1. The molecule has 3 aliphatic rings. The zero-order valence-electron chi connectivity index (χ0n) is 21.6. The van der Waals surface area contributed by atoms with Crippen LogP contribution >= 0.6 is 0 Å². The zero-order chi connectivity index (χ0) is 26.2. The molecule has 0 amide bonds. The lowest BCUT2D eigenvalue weighted by molar-refractivity contribution is 0.149. The second-order valence-corrected chi connectivity index (χ2v) is 9.89. The van der Waals surface area contributed by atoms with Gasteiger partial charge in [-0.05, 0) is 73.4 Å². The number of nitrogens with one attached hydrogen (secondary N) is 1. The van der Waals surface area contributed by atoms with Crippen LogP contribution < -0.4 is 10.1 Å². The topological polar surface area (TPSA) is 85.9 Å². The average Bonchev–Trinajstić information content (AvgIpc) is 3.31. The number of ether oxygens (including phenoxy) is 1. The maximum Gasteiger partial charge on any atom is 0.226 e. The summed E-state index contributed by atoms with van der Waals surface area (Å²) in [7, 11) is 2.01. The number of hydrogen-bond donors (Lipinski definition) is 1. The van der Waals surface area contributed by atoms with Crippen molar-refractivity contribution in [1.82, 2.24) is 15.2 Å². The van der Waals surface area contributed by atoms with Crippen LogP contribution in [-0.4, -0.2) is 40.9 Å². The molecule has 0 saturated heterocycles. The van der Waals surface area contributed by atoms with Crippen LogP contribution in [0.2, 0.25) is 0 Å². The number of allylic oxidation sites excluding steroid dienone is 3. The summed E-state index contributed by atoms with van der Waals surface area (Å²) < 4.78 is 6.63. The molecule has 3 atom stereocenters. The maximum absolute atomic E-state index is 9.14. The van der Waals surface area contributed by atoms with Crippen LogP contribution in [-0.2, 0) is 0 Å². The molecule has 6 rings (SSSR count). The van der Waals surface area contributed by atoms with Crippen molar-refractivity contribution in [2.75, 3.05) is 7.05 Å². The minimum absolute atomic E-state index is 0.0913. The monoisotopic (exact) mass is 500 g/mol. The summed E-state index contributed by atoms with van der Waals surface area (Å²) >= 11 is 0. The molecule has 0 radical (unpaired) electrons. The van der Waals surface area contributed by atoms with Gasteiger partial charge < -0.3 is 15.0 Å². The Kier molecular flexibility index (Phi) is 6.01. The molecule has 7 nitrogen and oxygen atoms in total. The molecule has 7 heteroatoms. The fourth-order valence-corrected chi connectivity index (χ4v) is 5.13. The van der Waals surface area contributed by atoms with Crippen molar-refractivity contribution in [1.29, 1.82) is 5.26 Å². The van der Waals surface area contributed by atoms with Gasteiger partial charge in [-0.3, -0.25) is 4.98 Å². The number of aryl methyl sites for hydroxylation is 2. The van der Waals surface area contributed by atoms with Crippen molar-refractivity contribution in [2.24, 2.45) is 15.9 Å². The van der Waals surface area contributed by atoms with E-state index in [0.717, 1.165) is 50.3 Å². The highest BCUT2D eigenvalue weighted by atomic mass is 16.5. The van der Waals surface area contributed by atoms with Crippen molar-refractivity contribution >= 4 is 22.6 Å². The standard InChI is InChI=1S/C31H28N6O/c1-19-14-23(24-16-22-6-4-5-7-26(22)33-18-24)15-20(2)29(19)38-30-28-27(12-13-37(28)3)35-31(36-30)34-25-10-8-21(17-32)9-11-25/h4-8,10-16,18,21,28,30H,9H2,1-3H3,(H,34,36). The molecule has 3 heterocycles. The largest absolute Gasteiger partial charge is 0.465 e. The Morgan fingerprint density at radius 2 is 1.89 bits per heavy atom. The molecule has 188 valence electrons. The molecule has 0 bridgehead atoms. The minimum Gasteiger partial charge on any atom is -0.465 e. The molecular formula is C31H28N6O. The summed E-state index contributed by atoms with van der Waals surface area (Å²) in [6.07, 6.45) is 11.9. The number of likely N-dealkylation sites (N-methyl/N-ethyl adjacent to an activating group) is 1. The minimum atomic E-state index is -0.476. The van der Waals surface area contributed by atoms with E-state index in [4.69, 9.17) is 20.0 Å². The van der Waals surface area contributed by atoms with Crippen LogP contribution in [0.15, 0.2) is 94.8 Å². The first-order valence-corrected chi connectivity index (χ1v) is 12.7. The summed E-state index contributed by atoms with van der Waals surface area (Å²) in [4.78, 5) is 16.3. The lowest BCUT2D eigenvalue weighted by atomic mass is 9.99. The Hall–Kier alpha value is -4.70. The van der Waals surface area contributed by atoms with Gasteiger partial charge in [0.15, 0.2) is 0 Å². The maximum atomic E-state index is 9.14. The first-order valence-electron chi connectivity index (χ1n) is 12.7. The molecule has 1 aliphatic carbocycles. The van der Waals surface area contributed by atoms with Crippen LogP contribution in [0, 0.1) is 31.1 Å². The number of rotatable bonds is 4. The summed E-state index contributed by atoms with van der Waals surface area (Å²) in [5.41, 5.74) is 7.03. The molecule has 0 saturated carbocycles. The van der Waals surface area contributed by atoms with Crippen molar-refractivity contribution < 1.29 is 4.74 Å². The predicted octanol–water partition coefficient (Wildman–Crippen LogP) is 5.44. The number of pyridine rings is 1. The fraction of sp³-hybridized carbons (Fsp3) is 0.226. The van der Waals surface area contributed by atoms with E-state index in [1.165, 1.54) is 0 Å². The van der Waals surface area contributed by atoms with Gasteiger partial charge in [-0.1, -0.05) is 30.4 Å². The zero-order valence-corrected chi connectivity index (χ0v) is 21.6. The fourth-order valence-electron chi connectivity index (χ4n) is 5.13. The van der Waals surface area contributed by atoms with Crippen molar-refractivity contribution in [3.05, 3.63) is 96.0 Å². The summed E-state index contributed by atoms with van der Waals surface area (Å²) in [5.74, 6) is 1.24. The molecular weight excluding hydrogens is 472 g/mol. The van der Waals surface area contributed by atoms with Crippen LogP contribution in [0.3, 0.4) is 0 Å². The van der Waals surface area contributed by atoms with Gasteiger partial charge in [0.2, 0.25) is 12.2 Å². The molecule has 0 fully saturated rings. The van der Waals surface area contributed by atoms with Crippen molar-refractivity contribution in [3.8, 4) is 22.9 Å². The number of hydrogen-bond acceptors (Lipinski definition) is 7. The normalized spacial score (nSPS) is 21.9. The number of benzene rings is 2. The Morgan fingerprint density at radius 3 is 2.66 bits per heavy atom. The van der Waals surface area contributed by atoms with E-state index in [-0.39, 0.29) is 12.0 Å². The number of fused-ring (bicyclic) bond motifs is 2. The van der Waals surface area contributed by atoms with Crippen molar-refractivity contribution in [2.45, 2.75) is 32.5 Å². The van der Waals surface area contributed by atoms with Gasteiger partial charge in [0.25, 0.3) is 0 Å². The number of nitriles is 1. The van der Waals surface area contributed by atoms with Gasteiger partial charge in [-0.25, -0.2) is 9.98 Å². The van der Waals surface area contributed by atoms with E-state index in [2.05, 4.69) is 59.4 Å². The SMILES string of the molecule is Cc1cc(-c2cnc3ccccc3c2)cc(C)c1OC1N=C(NC2=CCC(C#N)C=C2)N=C2C=CN(C)C21. The van der Waals surface area contributed by atoms with E-state index in [1.54, 1.807) is 0 Å². The molecule has 2 aromatic carbocycles. The second kappa shape index (κ2) is 9.64. The summed E-state index contributed by atoms with van der Waals surface area (Å²) in [6.45, 7) is 4.14. The summed E-state index contributed by atoms with van der Waals surface area (Å²) in [5, 5.41) is 13.6. The van der Waals surface area contributed by atoms with Crippen molar-refractivity contribution in [3.63, 3.8) is 0 Å². The highest BCUT2D eigenvalue weighted by Crippen LogP contribution is 2.33. The van der Waals surface area contributed by atoms with E-state index >= 15 is 0 Å². The average molecular weight is 501 g/mol. The molecule has 1 aromatic heterocycles. The number of aromatic nitrogens is 1. The van der Waals surface area contributed by atoms with Gasteiger partial charge in [0.1, 0.15) is 11.8 Å². The Balaban J connectivity index is 1.28. The smallest absolute Gasteiger partial charge is 0.226 e. The van der Waals surface area contributed by atoms with Crippen LogP contribution in [0.4, 0.5) is 0 Å². The van der Waals surface area contributed by atoms with E-state index < -0.39 is 6.23 Å². The molecule has 3 unspecified atom stereocenters. The molecule has 38 heavy (non-hydrogen) atoms. The van der Waals surface area contributed by atoms with Crippen LogP contribution in [0.25, 0.3) is 22.0 Å². The number of nitrogens with zero attached hydrogens (tertiary/aromatic N) is 5. The Bertz CT molecular complexity index is 1600. The summed E-state index contributed by atoms with van der Waals surface area (Å²) in [6, 6.07) is 16.8. The first kappa shape index (κ1) is 23.7. The third-order valence-electron chi connectivity index (χ3n) is 7.12. The molecule has 3 aromatic rings. The van der Waals surface area contributed by atoms with E-state index in [0.29, 0.717) is 12.4 Å². The lowest BCUT2D eigenvalue weighted by Crippen LogP contribution is -2.47. The predicted molar refractivity (Wildman–Crippen MR) is 151 cm³/mol. The van der Waals surface area contributed by atoms with Crippen LogP contribution in [0.5, 0.6) is 5.75 Å². The number of aliphatic imine (C=N–C) groups is 2. The Labute approximate surface area is 222 Å². The first-order chi connectivity index (χ1) is 18.5. The van der Waals surface area contributed by atoms with Gasteiger partial charge in [-0.15, -0.1) is 0 Å². The molecule has 0 spiro atoms. The molecule has 2 aliphatic heterocycles. The second-order valence-electron chi connectivity index (χ2n) is 9.89. The van der Waals surface area contributed by atoms with Gasteiger partial charge in [0, 0.05) is 36.1 Å². The third-order valence-corrected chi connectivity index (χ3v) is 7.12. The van der Waals surface area contributed by atoms with Gasteiger partial charge in [0.05, 0.1) is 23.2 Å². The quantitative estimate of drug-likeness (QED) is 0.516.